The Morgan fingerprint density at radius 3 is 2.71 bits per heavy atom. The van der Waals surface area contributed by atoms with E-state index in [1.807, 2.05) is 24.3 Å². The highest BCUT2D eigenvalue weighted by Gasteiger charge is 2.29. The largest absolute Gasteiger partial charge is 0.493 e. The molecule has 5 heteroatoms. The quantitative estimate of drug-likeness (QED) is 0.688. The van der Waals surface area contributed by atoms with Crippen LogP contribution >= 0.6 is 0 Å². The van der Waals surface area contributed by atoms with Gasteiger partial charge in [0, 0.05) is 17.5 Å². The van der Waals surface area contributed by atoms with Crippen molar-refractivity contribution in [3.8, 4) is 5.75 Å². The molecule has 0 fully saturated rings. The number of para-hydroxylation sites is 3. The monoisotopic (exact) mass is 284 g/mol. The maximum absolute atomic E-state index is 11.1. The highest BCUT2D eigenvalue weighted by atomic mass is 16.6. The Hall–Kier alpha value is -2.56. The number of nitrogens with one attached hydrogen (secondary N) is 1. The predicted molar refractivity (Wildman–Crippen MR) is 80.6 cm³/mol. The molecule has 1 aliphatic heterocycles. The van der Waals surface area contributed by atoms with Crippen LogP contribution in [-0.4, -0.2) is 11.5 Å². The van der Waals surface area contributed by atoms with Gasteiger partial charge in [-0.3, -0.25) is 10.1 Å². The standard InChI is InChI=1S/C16H16N2O3/c1-11-10-21-15-9-5-2-6-12(15)16(11)17-13-7-3-4-8-14(13)18(19)20/h2-9,11,16-17H,10H2,1H3. The number of hydrogen-bond donors (Lipinski definition) is 1. The summed E-state index contributed by atoms with van der Waals surface area (Å²) in [5.41, 5.74) is 1.67. The molecule has 0 spiro atoms. The van der Waals surface area contributed by atoms with Gasteiger partial charge in [-0.2, -0.15) is 0 Å². The molecule has 0 amide bonds. The maximum Gasteiger partial charge on any atom is 0.292 e. The fourth-order valence-corrected chi connectivity index (χ4v) is 2.64. The first-order valence-corrected chi connectivity index (χ1v) is 6.88. The lowest BCUT2D eigenvalue weighted by Crippen LogP contribution is -2.29. The summed E-state index contributed by atoms with van der Waals surface area (Å²) >= 11 is 0. The summed E-state index contributed by atoms with van der Waals surface area (Å²) in [6, 6.07) is 14.5. The minimum absolute atomic E-state index is 0.00366. The first kappa shape index (κ1) is 13.4. The van der Waals surface area contributed by atoms with Crippen LogP contribution in [0.3, 0.4) is 0 Å². The van der Waals surface area contributed by atoms with Crippen molar-refractivity contribution in [2.24, 2.45) is 5.92 Å². The second kappa shape index (κ2) is 5.44. The summed E-state index contributed by atoms with van der Waals surface area (Å²) in [7, 11) is 0. The number of anilines is 1. The van der Waals surface area contributed by atoms with Crippen LogP contribution in [0.15, 0.2) is 48.5 Å². The molecule has 21 heavy (non-hydrogen) atoms. The Morgan fingerprint density at radius 1 is 1.19 bits per heavy atom. The van der Waals surface area contributed by atoms with Gasteiger partial charge >= 0.3 is 0 Å². The van der Waals surface area contributed by atoms with Crippen LogP contribution in [0.2, 0.25) is 0 Å². The van der Waals surface area contributed by atoms with Gasteiger partial charge in [-0.15, -0.1) is 0 Å². The average Bonchev–Trinajstić information content (AvgIpc) is 2.50. The second-order valence-electron chi connectivity index (χ2n) is 5.22. The van der Waals surface area contributed by atoms with Crippen molar-refractivity contribution < 1.29 is 9.66 Å². The van der Waals surface area contributed by atoms with E-state index in [1.165, 1.54) is 6.07 Å². The Balaban J connectivity index is 1.97. The molecular formula is C16H16N2O3. The van der Waals surface area contributed by atoms with E-state index in [9.17, 15) is 10.1 Å². The number of ether oxygens (including phenoxy) is 1. The summed E-state index contributed by atoms with van der Waals surface area (Å²) in [5.74, 6) is 1.06. The third-order valence-electron chi connectivity index (χ3n) is 3.74. The Morgan fingerprint density at radius 2 is 1.90 bits per heavy atom. The molecule has 0 bridgehead atoms. The number of nitro benzene ring substituents is 1. The molecule has 3 rings (SSSR count). The fourth-order valence-electron chi connectivity index (χ4n) is 2.64. The third kappa shape index (κ3) is 2.54. The fraction of sp³-hybridized carbons (Fsp3) is 0.250. The van der Waals surface area contributed by atoms with Gasteiger partial charge < -0.3 is 10.1 Å². The predicted octanol–water partition coefficient (Wildman–Crippen LogP) is 3.78. The molecule has 108 valence electrons. The van der Waals surface area contributed by atoms with Crippen molar-refractivity contribution in [3.05, 3.63) is 64.2 Å². The van der Waals surface area contributed by atoms with E-state index in [0.29, 0.717) is 12.3 Å². The van der Waals surface area contributed by atoms with Crippen LogP contribution in [0.5, 0.6) is 5.75 Å². The minimum Gasteiger partial charge on any atom is -0.493 e. The zero-order chi connectivity index (χ0) is 14.8. The van der Waals surface area contributed by atoms with Crippen molar-refractivity contribution >= 4 is 11.4 Å². The summed E-state index contributed by atoms with van der Waals surface area (Å²) in [4.78, 5) is 10.8. The zero-order valence-electron chi connectivity index (χ0n) is 11.7. The normalized spacial score (nSPS) is 20.2. The maximum atomic E-state index is 11.1. The Kier molecular flexibility index (Phi) is 3.48. The molecule has 2 aromatic rings. The van der Waals surface area contributed by atoms with Gasteiger partial charge in [-0.1, -0.05) is 37.3 Å². The first-order chi connectivity index (χ1) is 10.2. The van der Waals surface area contributed by atoms with Crippen LogP contribution in [0.25, 0.3) is 0 Å². The van der Waals surface area contributed by atoms with E-state index in [2.05, 4.69) is 12.2 Å². The van der Waals surface area contributed by atoms with Gasteiger partial charge in [0.2, 0.25) is 0 Å². The number of rotatable bonds is 3. The molecule has 1 heterocycles. The number of fused-ring (bicyclic) bond motifs is 1. The smallest absolute Gasteiger partial charge is 0.292 e. The van der Waals surface area contributed by atoms with Crippen molar-refractivity contribution in [3.63, 3.8) is 0 Å². The molecule has 2 unspecified atom stereocenters. The Labute approximate surface area is 122 Å². The molecule has 1 N–H and O–H groups in total. The first-order valence-electron chi connectivity index (χ1n) is 6.88. The average molecular weight is 284 g/mol. The van der Waals surface area contributed by atoms with E-state index in [1.54, 1.807) is 18.2 Å². The van der Waals surface area contributed by atoms with E-state index >= 15 is 0 Å². The lowest BCUT2D eigenvalue weighted by molar-refractivity contribution is -0.384. The molecule has 0 saturated heterocycles. The molecular weight excluding hydrogens is 268 g/mol. The molecule has 2 aromatic carbocycles. The van der Waals surface area contributed by atoms with Crippen molar-refractivity contribution in [1.29, 1.82) is 0 Å². The second-order valence-corrected chi connectivity index (χ2v) is 5.22. The highest BCUT2D eigenvalue weighted by Crippen LogP contribution is 2.38. The lowest BCUT2D eigenvalue weighted by Gasteiger charge is -2.32. The van der Waals surface area contributed by atoms with Crippen LogP contribution in [-0.2, 0) is 0 Å². The van der Waals surface area contributed by atoms with E-state index < -0.39 is 0 Å². The van der Waals surface area contributed by atoms with Crippen molar-refractivity contribution in [1.82, 2.24) is 0 Å². The summed E-state index contributed by atoms with van der Waals surface area (Å²) in [6.07, 6.45) is 0. The molecule has 0 radical (unpaired) electrons. The third-order valence-corrected chi connectivity index (χ3v) is 3.74. The van der Waals surface area contributed by atoms with E-state index in [0.717, 1.165) is 11.3 Å². The summed E-state index contributed by atoms with van der Waals surface area (Å²) in [5, 5.41) is 14.4. The number of nitrogens with zero attached hydrogens (tertiary/aromatic N) is 1. The molecule has 0 aliphatic carbocycles. The van der Waals surface area contributed by atoms with Gasteiger partial charge in [0.05, 0.1) is 17.6 Å². The number of hydrogen-bond acceptors (Lipinski definition) is 4. The molecule has 5 nitrogen and oxygen atoms in total. The number of benzene rings is 2. The van der Waals surface area contributed by atoms with Crippen LogP contribution in [0.1, 0.15) is 18.5 Å². The van der Waals surface area contributed by atoms with Gasteiger partial charge in [-0.25, -0.2) is 0 Å². The molecule has 0 aromatic heterocycles. The van der Waals surface area contributed by atoms with Gasteiger partial charge in [-0.05, 0) is 12.1 Å². The topological polar surface area (TPSA) is 64.4 Å². The molecule has 1 aliphatic rings. The van der Waals surface area contributed by atoms with Gasteiger partial charge in [0.15, 0.2) is 0 Å². The molecule has 2 atom stereocenters. The van der Waals surface area contributed by atoms with Gasteiger partial charge in [0.1, 0.15) is 11.4 Å². The van der Waals surface area contributed by atoms with Crippen molar-refractivity contribution in [2.75, 3.05) is 11.9 Å². The zero-order valence-corrected chi connectivity index (χ0v) is 11.7. The highest BCUT2D eigenvalue weighted by molar-refractivity contribution is 5.62. The van der Waals surface area contributed by atoms with Crippen molar-refractivity contribution in [2.45, 2.75) is 13.0 Å². The summed E-state index contributed by atoms with van der Waals surface area (Å²) in [6.45, 7) is 2.66. The lowest BCUT2D eigenvalue weighted by atomic mass is 9.91. The van der Waals surface area contributed by atoms with Crippen LogP contribution in [0, 0.1) is 16.0 Å². The SMILES string of the molecule is CC1COc2ccccc2C1Nc1ccccc1[N+](=O)[O-]. The summed E-state index contributed by atoms with van der Waals surface area (Å²) < 4.78 is 5.71. The van der Waals surface area contributed by atoms with Gasteiger partial charge in [0.25, 0.3) is 5.69 Å². The minimum atomic E-state index is -0.363. The van der Waals surface area contributed by atoms with E-state index in [-0.39, 0.29) is 22.6 Å². The van der Waals surface area contributed by atoms with E-state index in [4.69, 9.17) is 4.74 Å². The Bertz CT molecular complexity index is 672. The van der Waals surface area contributed by atoms with Crippen LogP contribution in [0.4, 0.5) is 11.4 Å². The molecule has 0 saturated carbocycles. The number of nitro groups is 1. The van der Waals surface area contributed by atoms with Crippen LogP contribution < -0.4 is 10.1 Å².